The minimum atomic E-state index is 0.315. The van der Waals surface area contributed by atoms with E-state index in [1.165, 1.54) is 12.0 Å². The zero-order valence-electron chi connectivity index (χ0n) is 16.8. The number of amides is 1. The topological polar surface area (TPSA) is 44.6 Å². The number of nitrogens with zero attached hydrogens (tertiary/aromatic N) is 5. The number of rotatable bonds is 5. The van der Waals surface area contributed by atoms with Gasteiger partial charge in [-0.05, 0) is 49.9 Å². The normalized spacial score (nSPS) is 21.8. The van der Waals surface area contributed by atoms with Crippen molar-refractivity contribution >= 4 is 5.91 Å². The average Bonchev–Trinajstić information content (AvgIpc) is 3.25. The second-order valence-electron chi connectivity index (χ2n) is 8.10. The molecule has 2 saturated heterocycles. The molecule has 0 aliphatic carbocycles. The molecule has 6 nitrogen and oxygen atoms in total. The number of carbonyl (C=O) groups excluding carboxylic acids is 1. The van der Waals surface area contributed by atoms with Crippen LogP contribution in [-0.4, -0.2) is 75.7 Å². The first-order valence-corrected chi connectivity index (χ1v) is 10.5. The molecule has 0 saturated carbocycles. The van der Waals surface area contributed by atoms with Crippen molar-refractivity contribution in [3.63, 3.8) is 0 Å². The fourth-order valence-corrected chi connectivity index (χ4v) is 4.29. The van der Waals surface area contributed by atoms with Gasteiger partial charge in [-0.15, -0.1) is 0 Å². The molecular formula is C22H31N5O. The number of piperazine rings is 1. The SMILES string of the molecule is C[C@H]1CCCCN1C(=O)CN1CCN(Cc2ccc(-n3cccn3)cc2)CC1. The van der Waals surface area contributed by atoms with Crippen LogP contribution in [0.4, 0.5) is 0 Å². The first-order chi connectivity index (χ1) is 13.7. The maximum atomic E-state index is 12.6. The van der Waals surface area contributed by atoms with Crippen molar-refractivity contribution in [1.29, 1.82) is 0 Å². The molecule has 3 heterocycles. The lowest BCUT2D eigenvalue weighted by Crippen LogP contribution is -2.51. The van der Waals surface area contributed by atoms with Crippen LogP contribution in [-0.2, 0) is 11.3 Å². The molecule has 0 spiro atoms. The summed E-state index contributed by atoms with van der Waals surface area (Å²) in [5.41, 5.74) is 2.41. The number of carbonyl (C=O) groups is 1. The number of piperidine rings is 1. The van der Waals surface area contributed by atoms with Crippen LogP contribution in [0.25, 0.3) is 5.69 Å². The monoisotopic (exact) mass is 381 g/mol. The number of likely N-dealkylation sites (tertiary alicyclic amines) is 1. The standard InChI is InChI=1S/C22H31N5O/c1-19-5-2-3-11-26(19)22(28)18-25-15-13-24(14-16-25)17-20-6-8-21(9-7-20)27-12-4-10-23-27/h4,6-10,12,19H,2-3,5,11,13-18H2,1H3/t19-/m0/s1. The van der Waals surface area contributed by atoms with Crippen LogP contribution in [0, 0.1) is 0 Å². The summed E-state index contributed by atoms with van der Waals surface area (Å²) in [5.74, 6) is 0.315. The highest BCUT2D eigenvalue weighted by atomic mass is 16.2. The van der Waals surface area contributed by atoms with E-state index in [1.807, 2.05) is 16.9 Å². The van der Waals surface area contributed by atoms with E-state index in [4.69, 9.17) is 0 Å². The Morgan fingerprint density at radius 2 is 1.79 bits per heavy atom. The van der Waals surface area contributed by atoms with Gasteiger partial charge in [0.15, 0.2) is 0 Å². The van der Waals surface area contributed by atoms with Crippen LogP contribution < -0.4 is 0 Å². The van der Waals surface area contributed by atoms with Crippen molar-refractivity contribution in [2.75, 3.05) is 39.3 Å². The van der Waals surface area contributed by atoms with Crippen molar-refractivity contribution < 1.29 is 4.79 Å². The summed E-state index contributed by atoms with van der Waals surface area (Å²) in [4.78, 5) is 19.5. The Morgan fingerprint density at radius 1 is 1.04 bits per heavy atom. The Morgan fingerprint density at radius 3 is 2.46 bits per heavy atom. The summed E-state index contributed by atoms with van der Waals surface area (Å²) in [6.07, 6.45) is 7.32. The van der Waals surface area contributed by atoms with E-state index in [0.29, 0.717) is 18.5 Å². The molecule has 2 aliphatic rings. The maximum Gasteiger partial charge on any atom is 0.236 e. The van der Waals surface area contributed by atoms with Gasteiger partial charge in [0.25, 0.3) is 0 Å². The molecular weight excluding hydrogens is 350 g/mol. The Hall–Kier alpha value is -2.18. The van der Waals surface area contributed by atoms with E-state index in [9.17, 15) is 4.79 Å². The number of hydrogen-bond acceptors (Lipinski definition) is 4. The number of aromatic nitrogens is 2. The fraction of sp³-hybridized carbons (Fsp3) is 0.545. The molecule has 2 aromatic rings. The average molecular weight is 382 g/mol. The van der Waals surface area contributed by atoms with Gasteiger partial charge in [-0.25, -0.2) is 4.68 Å². The van der Waals surface area contributed by atoms with E-state index >= 15 is 0 Å². The fourth-order valence-electron chi connectivity index (χ4n) is 4.29. The highest BCUT2D eigenvalue weighted by molar-refractivity contribution is 5.78. The molecule has 0 bridgehead atoms. The quantitative estimate of drug-likeness (QED) is 0.798. The molecule has 1 atom stereocenters. The molecule has 2 fully saturated rings. The predicted octanol–water partition coefficient (Wildman–Crippen LogP) is 2.39. The largest absolute Gasteiger partial charge is 0.339 e. The molecule has 4 rings (SSSR count). The first kappa shape index (κ1) is 19.2. The van der Waals surface area contributed by atoms with Crippen molar-refractivity contribution in [2.45, 2.75) is 38.8 Å². The van der Waals surface area contributed by atoms with Crippen LogP contribution in [0.3, 0.4) is 0 Å². The molecule has 1 aromatic heterocycles. The first-order valence-electron chi connectivity index (χ1n) is 10.5. The third kappa shape index (κ3) is 4.62. The molecule has 0 radical (unpaired) electrons. The second-order valence-corrected chi connectivity index (χ2v) is 8.10. The van der Waals surface area contributed by atoms with E-state index in [-0.39, 0.29) is 0 Å². The molecule has 150 valence electrons. The Kier molecular flexibility index (Phi) is 6.07. The molecule has 6 heteroatoms. The lowest BCUT2D eigenvalue weighted by Gasteiger charge is -2.38. The minimum absolute atomic E-state index is 0.315. The number of hydrogen-bond donors (Lipinski definition) is 0. The summed E-state index contributed by atoms with van der Waals surface area (Å²) in [5, 5.41) is 4.27. The zero-order chi connectivity index (χ0) is 19.3. The van der Waals surface area contributed by atoms with E-state index in [0.717, 1.165) is 57.8 Å². The molecule has 1 amide bonds. The van der Waals surface area contributed by atoms with Crippen LogP contribution in [0.2, 0.25) is 0 Å². The van der Waals surface area contributed by atoms with E-state index < -0.39 is 0 Å². The Bertz CT molecular complexity index is 750. The predicted molar refractivity (Wildman–Crippen MR) is 110 cm³/mol. The van der Waals surface area contributed by atoms with Gasteiger partial charge in [-0.1, -0.05) is 12.1 Å². The summed E-state index contributed by atoms with van der Waals surface area (Å²) in [6, 6.07) is 11.0. The third-order valence-corrected chi connectivity index (χ3v) is 6.06. The molecule has 0 unspecified atom stereocenters. The second kappa shape index (κ2) is 8.88. The highest BCUT2D eigenvalue weighted by Gasteiger charge is 2.26. The third-order valence-electron chi connectivity index (χ3n) is 6.06. The minimum Gasteiger partial charge on any atom is -0.339 e. The van der Waals surface area contributed by atoms with Crippen molar-refractivity contribution in [2.24, 2.45) is 0 Å². The molecule has 28 heavy (non-hydrogen) atoms. The van der Waals surface area contributed by atoms with E-state index in [2.05, 4.69) is 51.0 Å². The number of benzene rings is 1. The van der Waals surface area contributed by atoms with Gasteiger partial charge in [0.1, 0.15) is 0 Å². The lowest BCUT2D eigenvalue weighted by molar-refractivity contribution is -0.136. The van der Waals surface area contributed by atoms with Crippen LogP contribution in [0.5, 0.6) is 0 Å². The molecule has 2 aliphatic heterocycles. The van der Waals surface area contributed by atoms with Gasteiger partial charge in [0, 0.05) is 57.7 Å². The van der Waals surface area contributed by atoms with Crippen molar-refractivity contribution in [3.8, 4) is 5.69 Å². The van der Waals surface area contributed by atoms with E-state index in [1.54, 1.807) is 6.20 Å². The summed E-state index contributed by atoms with van der Waals surface area (Å²) in [6.45, 7) is 8.65. The molecule has 1 aromatic carbocycles. The Balaban J connectivity index is 1.23. The van der Waals surface area contributed by atoms with Gasteiger partial charge < -0.3 is 4.90 Å². The maximum absolute atomic E-state index is 12.6. The summed E-state index contributed by atoms with van der Waals surface area (Å²) >= 11 is 0. The van der Waals surface area contributed by atoms with Crippen LogP contribution in [0.1, 0.15) is 31.7 Å². The van der Waals surface area contributed by atoms with Crippen LogP contribution in [0.15, 0.2) is 42.7 Å². The smallest absolute Gasteiger partial charge is 0.236 e. The van der Waals surface area contributed by atoms with Crippen LogP contribution >= 0.6 is 0 Å². The molecule has 0 N–H and O–H groups in total. The van der Waals surface area contributed by atoms with Gasteiger partial charge in [0.05, 0.1) is 12.2 Å². The van der Waals surface area contributed by atoms with Gasteiger partial charge in [-0.3, -0.25) is 14.6 Å². The van der Waals surface area contributed by atoms with Gasteiger partial charge >= 0.3 is 0 Å². The van der Waals surface area contributed by atoms with Gasteiger partial charge in [-0.2, -0.15) is 5.10 Å². The van der Waals surface area contributed by atoms with Crippen molar-refractivity contribution in [3.05, 3.63) is 48.3 Å². The Labute approximate surface area is 167 Å². The zero-order valence-corrected chi connectivity index (χ0v) is 16.8. The summed E-state index contributed by atoms with van der Waals surface area (Å²) in [7, 11) is 0. The summed E-state index contributed by atoms with van der Waals surface area (Å²) < 4.78 is 1.88. The van der Waals surface area contributed by atoms with Gasteiger partial charge in [0.2, 0.25) is 5.91 Å². The van der Waals surface area contributed by atoms with Crippen molar-refractivity contribution in [1.82, 2.24) is 24.5 Å². The highest BCUT2D eigenvalue weighted by Crippen LogP contribution is 2.17. The lowest BCUT2D eigenvalue weighted by atomic mass is 10.0.